The van der Waals surface area contributed by atoms with Crippen LogP contribution in [0.15, 0.2) is 0 Å². The topological polar surface area (TPSA) is 72.9 Å². The standard InChI is InChI=1S/C13H23N3O3S/c1-2-15(10-3-4-10)6-5-14-13(19)16-7-8-20-9-11(16)12(17)18/h10-11H,2-9H2,1H3,(H,14,19)(H,17,18). The number of nitrogens with zero attached hydrogens (tertiary/aromatic N) is 2. The van der Waals surface area contributed by atoms with Gasteiger partial charge in [-0.2, -0.15) is 11.8 Å². The van der Waals surface area contributed by atoms with Gasteiger partial charge in [-0.25, -0.2) is 9.59 Å². The fourth-order valence-electron chi connectivity index (χ4n) is 2.50. The molecule has 2 rings (SSSR count). The molecule has 1 atom stereocenters. The average Bonchev–Trinajstić information content (AvgIpc) is 3.28. The van der Waals surface area contributed by atoms with Crippen LogP contribution in [0, 0.1) is 0 Å². The third kappa shape index (κ3) is 4.02. The van der Waals surface area contributed by atoms with Crippen molar-refractivity contribution in [1.29, 1.82) is 0 Å². The predicted molar refractivity (Wildman–Crippen MR) is 79.1 cm³/mol. The van der Waals surface area contributed by atoms with Gasteiger partial charge in [-0.3, -0.25) is 4.90 Å². The Hall–Kier alpha value is -0.950. The molecule has 0 aromatic heterocycles. The minimum absolute atomic E-state index is 0.246. The van der Waals surface area contributed by atoms with Crippen molar-refractivity contribution in [2.75, 3.05) is 37.7 Å². The molecule has 1 saturated heterocycles. The van der Waals surface area contributed by atoms with E-state index in [1.165, 1.54) is 17.7 Å². The molecule has 6 nitrogen and oxygen atoms in total. The van der Waals surface area contributed by atoms with Crippen LogP contribution in [0.3, 0.4) is 0 Å². The van der Waals surface area contributed by atoms with E-state index in [0.29, 0.717) is 24.9 Å². The molecule has 2 N–H and O–H groups in total. The third-order valence-electron chi connectivity index (χ3n) is 3.82. The van der Waals surface area contributed by atoms with E-state index in [9.17, 15) is 9.59 Å². The highest BCUT2D eigenvalue weighted by atomic mass is 32.2. The van der Waals surface area contributed by atoms with Crippen LogP contribution in [0.1, 0.15) is 19.8 Å². The zero-order valence-corrected chi connectivity index (χ0v) is 12.7. The fraction of sp³-hybridized carbons (Fsp3) is 0.846. The molecule has 0 bridgehead atoms. The molecule has 7 heteroatoms. The van der Waals surface area contributed by atoms with Gasteiger partial charge in [0.05, 0.1) is 0 Å². The van der Waals surface area contributed by atoms with Gasteiger partial charge in [-0.15, -0.1) is 0 Å². The molecule has 114 valence electrons. The summed E-state index contributed by atoms with van der Waals surface area (Å²) in [6.07, 6.45) is 2.51. The first-order valence-corrected chi connectivity index (χ1v) is 8.38. The van der Waals surface area contributed by atoms with Crippen LogP contribution in [0.25, 0.3) is 0 Å². The molecule has 1 aliphatic heterocycles. The van der Waals surface area contributed by atoms with E-state index in [-0.39, 0.29) is 6.03 Å². The first-order chi connectivity index (χ1) is 9.63. The second kappa shape index (κ2) is 7.17. The Balaban J connectivity index is 1.76. The van der Waals surface area contributed by atoms with Crippen LogP contribution < -0.4 is 5.32 Å². The number of aliphatic carboxylic acids is 1. The summed E-state index contributed by atoms with van der Waals surface area (Å²) >= 11 is 1.59. The van der Waals surface area contributed by atoms with Gasteiger partial charge in [0.15, 0.2) is 0 Å². The van der Waals surface area contributed by atoms with Crippen LogP contribution in [0.2, 0.25) is 0 Å². The second-order valence-corrected chi connectivity index (χ2v) is 6.36. The van der Waals surface area contributed by atoms with Crippen LogP contribution in [-0.4, -0.2) is 76.7 Å². The maximum atomic E-state index is 12.1. The molecular formula is C13H23N3O3S. The molecule has 0 radical (unpaired) electrons. The van der Waals surface area contributed by atoms with E-state index >= 15 is 0 Å². The Labute approximate surface area is 123 Å². The molecule has 2 fully saturated rings. The summed E-state index contributed by atoms with van der Waals surface area (Å²) in [5, 5.41) is 12.0. The van der Waals surface area contributed by atoms with Crippen molar-refractivity contribution in [2.24, 2.45) is 0 Å². The quantitative estimate of drug-likeness (QED) is 0.755. The lowest BCUT2D eigenvalue weighted by molar-refractivity contribution is -0.141. The lowest BCUT2D eigenvalue weighted by atomic mass is 10.3. The van der Waals surface area contributed by atoms with Crippen LogP contribution >= 0.6 is 11.8 Å². The van der Waals surface area contributed by atoms with E-state index in [4.69, 9.17) is 5.11 Å². The minimum atomic E-state index is -0.916. The molecule has 0 aromatic carbocycles. The summed E-state index contributed by atoms with van der Waals surface area (Å²) < 4.78 is 0. The monoisotopic (exact) mass is 301 g/mol. The number of thioether (sulfide) groups is 1. The van der Waals surface area contributed by atoms with Crippen molar-refractivity contribution in [2.45, 2.75) is 31.8 Å². The summed E-state index contributed by atoms with van der Waals surface area (Å²) in [4.78, 5) is 27.1. The SMILES string of the molecule is CCN(CCNC(=O)N1CCSCC1C(=O)O)C1CC1. The first kappa shape index (κ1) is 15.4. The van der Waals surface area contributed by atoms with Gasteiger partial charge >= 0.3 is 12.0 Å². The predicted octanol–water partition coefficient (Wildman–Crippen LogP) is 0.682. The van der Waals surface area contributed by atoms with E-state index in [1.807, 2.05) is 0 Å². The van der Waals surface area contributed by atoms with E-state index in [0.717, 1.165) is 18.8 Å². The zero-order chi connectivity index (χ0) is 14.5. The molecule has 1 unspecified atom stereocenters. The van der Waals surface area contributed by atoms with Crippen molar-refractivity contribution in [1.82, 2.24) is 15.1 Å². The minimum Gasteiger partial charge on any atom is -0.480 e. The summed E-state index contributed by atoms with van der Waals surface area (Å²) in [5.41, 5.74) is 0. The number of urea groups is 1. The van der Waals surface area contributed by atoms with Gasteiger partial charge in [-0.1, -0.05) is 6.92 Å². The fourth-order valence-corrected chi connectivity index (χ4v) is 3.54. The van der Waals surface area contributed by atoms with Gasteiger partial charge < -0.3 is 15.3 Å². The summed E-state index contributed by atoms with van der Waals surface area (Å²) in [7, 11) is 0. The van der Waals surface area contributed by atoms with Crippen molar-refractivity contribution in [3.8, 4) is 0 Å². The molecule has 2 amide bonds. The third-order valence-corrected chi connectivity index (χ3v) is 4.84. The van der Waals surface area contributed by atoms with Crippen LogP contribution in [0.5, 0.6) is 0 Å². The molecule has 0 aromatic rings. The Morgan fingerprint density at radius 3 is 2.80 bits per heavy atom. The molecule has 1 heterocycles. The van der Waals surface area contributed by atoms with Gasteiger partial charge in [0.1, 0.15) is 6.04 Å². The van der Waals surface area contributed by atoms with Gasteiger partial charge in [-0.05, 0) is 19.4 Å². The number of amides is 2. The smallest absolute Gasteiger partial charge is 0.327 e. The lowest BCUT2D eigenvalue weighted by Gasteiger charge is -2.32. The lowest BCUT2D eigenvalue weighted by Crippen LogP contribution is -2.54. The summed E-state index contributed by atoms with van der Waals surface area (Å²) in [6.45, 7) is 5.06. The molecule has 20 heavy (non-hydrogen) atoms. The highest BCUT2D eigenvalue weighted by Crippen LogP contribution is 2.25. The second-order valence-electron chi connectivity index (χ2n) is 5.21. The number of hydrogen-bond acceptors (Lipinski definition) is 4. The number of rotatable bonds is 6. The van der Waals surface area contributed by atoms with E-state index in [2.05, 4.69) is 17.1 Å². The summed E-state index contributed by atoms with van der Waals surface area (Å²) in [5.74, 6) is 0.368. The van der Waals surface area contributed by atoms with Gasteiger partial charge in [0, 0.05) is 37.2 Å². The van der Waals surface area contributed by atoms with Gasteiger partial charge in [0.25, 0.3) is 0 Å². The molecule has 2 aliphatic rings. The first-order valence-electron chi connectivity index (χ1n) is 7.22. The molecular weight excluding hydrogens is 278 g/mol. The number of likely N-dealkylation sites (N-methyl/N-ethyl adjacent to an activating group) is 1. The number of hydrogen-bond donors (Lipinski definition) is 2. The maximum Gasteiger partial charge on any atom is 0.327 e. The van der Waals surface area contributed by atoms with Crippen molar-refractivity contribution in [3.05, 3.63) is 0 Å². The number of carboxylic acid groups (broad SMARTS) is 1. The number of carbonyl (C=O) groups excluding carboxylic acids is 1. The van der Waals surface area contributed by atoms with Crippen LogP contribution in [-0.2, 0) is 4.79 Å². The summed E-state index contributed by atoms with van der Waals surface area (Å²) in [6, 6.07) is -0.251. The molecule has 1 saturated carbocycles. The van der Waals surface area contributed by atoms with E-state index < -0.39 is 12.0 Å². The number of nitrogens with one attached hydrogen (secondary N) is 1. The average molecular weight is 301 g/mol. The highest BCUT2D eigenvalue weighted by Gasteiger charge is 2.32. The molecule has 1 aliphatic carbocycles. The van der Waals surface area contributed by atoms with Gasteiger partial charge in [0.2, 0.25) is 0 Å². The Kier molecular flexibility index (Phi) is 5.54. The number of carboxylic acids is 1. The highest BCUT2D eigenvalue weighted by molar-refractivity contribution is 7.99. The van der Waals surface area contributed by atoms with Crippen LogP contribution in [0.4, 0.5) is 4.79 Å². The van der Waals surface area contributed by atoms with Crippen molar-refractivity contribution < 1.29 is 14.7 Å². The maximum absolute atomic E-state index is 12.1. The number of carbonyl (C=O) groups is 2. The molecule has 0 spiro atoms. The van der Waals surface area contributed by atoms with Crippen molar-refractivity contribution >= 4 is 23.8 Å². The normalized spacial score (nSPS) is 22.9. The Bertz CT molecular complexity index is 363. The zero-order valence-electron chi connectivity index (χ0n) is 11.9. The van der Waals surface area contributed by atoms with E-state index in [1.54, 1.807) is 11.8 Å². The Morgan fingerprint density at radius 1 is 1.45 bits per heavy atom. The largest absolute Gasteiger partial charge is 0.480 e. The van der Waals surface area contributed by atoms with Crippen molar-refractivity contribution in [3.63, 3.8) is 0 Å². The Morgan fingerprint density at radius 2 is 2.20 bits per heavy atom.